The molecule has 0 aromatic heterocycles. The van der Waals surface area contributed by atoms with E-state index in [1.165, 1.54) is 0 Å². The number of halogens is 1. The molecule has 1 unspecified atom stereocenters. The zero-order chi connectivity index (χ0) is 11.3. The van der Waals surface area contributed by atoms with Gasteiger partial charge in [-0.1, -0.05) is 11.6 Å². The molecule has 15 heavy (non-hydrogen) atoms. The summed E-state index contributed by atoms with van der Waals surface area (Å²) in [5.74, 6) is 0.726. The van der Waals surface area contributed by atoms with Crippen molar-refractivity contribution in [3.8, 4) is 11.8 Å². The van der Waals surface area contributed by atoms with Crippen molar-refractivity contribution in [2.75, 3.05) is 12.4 Å². The molecular formula is C11H13ClN2O. The average Bonchev–Trinajstić information content (AvgIpc) is 2.18. The van der Waals surface area contributed by atoms with Crippen LogP contribution in [-0.4, -0.2) is 13.2 Å². The number of ether oxygens (including phenoxy) is 1. The van der Waals surface area contributed by atoms with Crippen molar-refractivity contribution in [2.45, 2.75) is 19.4 Å². The summed E-state index contributed by atoms with van der Waals surface area (Å²) in [7, 11) is 1.60. The molecule has 1 atom stereocenters. The van der Waals surface area contributed by atoms with E-state index in [1.54, 1.807) is 25.3 Å². The Labute approximate surface area is 94.6 Å². The molecule has 0 aliphatic heterocycles. The first-order chi connectivity index (χ1) is 7.17. The molecule has 0 fully saturated rings. The van der Waals surface area contributed by atoms with Crippen LogP contribution in [0.3, 0.4) is 0 Å². The molecule has 0 aliphatic rings. The molecule has 1 N–H and O–H groups in total. The van der Waals surface area contributed by atoms with Gasteiger partial charge in [0.2, 0.25) is 0 Å². The van der Waals surface area contributed by atoms with Crippen molar-refractivity contribution in [2.24, 2.45) is 0 Å². The number of hydrogen-bond donors (Lipinski definition) is 1. The van der Waals surface area contributed by atoms with Gasteiger partial charge >= 0.3 is 0 Å². The number of nitrogens with zero attached hydrogens (tertiary/aromatic N) is 1. The molecular weight excluding hydrogens is 212 g/mol. The van der Waals surface area contributed by atoms with E-state index in [0.29, 0.717) is 11.4 Å². The molecule has 0 radical (unpaired) electrons. The van der Waals surface area contributed by atoms with Crippen LogP contribution >= 0.6 is 11.6 Å². The van der Waals surface area contributed by atoms with Crippen LogP contribution in [0.25, 0.3) is 0 Å². The van der Waals surface area contributed by atoms with Crippen LogP contribution in [-0.2, 0) is 0 Å². The van der Waals surface area contributed by atoms with Gasteiger partial charge < -0.3 is 10.1 Å². The molecule has 1 rings (SSSR count). The van der Waals surface area contributed by atoms with E-state index in [2.05, 4.69) is 11.4 Å². The Morgan fingerprint density at radius 3 is 2.93 bits per heavy atom. The van der Waals surface area contributed by atoms with Gasteiger partial charge in [0.15, 0.2) is 0 Å². The van der Waals surface area contributed by atoms with Gasteiger partial charge in [-0.2, -0.15) is 5.26 Å². The maximum absolute atomic E-state index is 8.55. The van der Waals surface area contributed by atoms with Crippen molar-refractivity contribution < 1.29 is 4.74 Å². The molecule has 0 saturated heterocycles. The average molecular weight is 225 g/mol. The molecule has 4 heteroatoms. The fraction of sp³-hybridized carbons (Fsp3) is 0.364. The molecule has 1 aromatic rings. The third-order valence-corrected chi connectivity index (χ3v) is 2.20. The molecule has 0 amide bonds. The lowest BCUT2D eigenvalue weighted by Crippen LogP contribution is -2.14. The Morgan fingerprint density at radius 2 is 2.33 bits per heavy atom. The largest absolute Gasteiger partial charge is 0.495 e. The fourth-order valence-corrected chi connectivity index (χ4v) is 1.42. The highest BCUT2D eigenvalue weighted by molar-refractivity contribution is 6.30. The third kappa shape index (κ3) is 3.34. The standard InChI is InChI=1S/C11H13ClN2O/c1-8(5-6-13)14-10-7-9(12)3-4-11(10)15-2/h3-4,7-8,14H,5H2,1-2H3. The highest BCUT2D eigenvalue weighted by Crippen LogP contribution is 2.28. The van der Waals surface area contributed by atoms with Gasteiger partial charge in [0.1, 0.15) is 5.75 Å². The minimum absolute atomic E-state index is 0.0716. The van der Waals surface area contributed by atoms with Crippen molar-refractivity contribution in [1.82, 2.24) is 0 Å². The minimum atomic E-state index is 0.0716. The quantitative estimate of drug-likeness (QED) is 0.855. The second kappa shape index (κ2) is 5.47. The highest BCUT2D eigenvalue weighted by atomic mass is 35.5. The Balaban J connectivity index is 2.83. The Morgan fingerprint density at radius 1 is 1.60 bits per heavy atom. The van der Waals surface area contributed by atoms with E-state index < -0.39 is 0 Å². The number of rotatable bonds is 4. The first kappa shape index (κ1) is 11.7. The number of nitrogens with one attached hydrogen (secondary N) is 1. The molecule has 0 bridgehead atoms. The zero-order valence-electron chi connectivity index (χ0n) is 8.75. The van der Waals surface area contributed by atoms with E-state index in [4.69, 9.17) is 21.6 Å². The molecule has 1 aromatic carbocycles. The van der Waals surface area contributed by atoms with Crippen LogP contribution in [0.15, 0.2) is 18.2 Å². The first-order valence-corrected chi connectivity index (χ1v) is 5.02. The molecule has 0 spiro atoms. The first-order valence-electron chi connectivity index (χ1n) is 4.64. The summed E-state index contributed by atoms with van der Waals surface area (Å²) in [5, 5.41) is 12.4. The van der Waals surface area contributed by atoms with E-state index in [0.717, 1.165) is 11.4 Å². The van der Waals surface area contributed by atoms with E-state index >= 15 is 0 Å². The maximum Gasteiger partial charge on any atom is 0.142 e. The van der Waals surface area contributed by atoms with E-state index in [-0.39, 0.29) is 6.04 Å². The van der Waals surface area contributed by atoms with Crippen molar-refractivity contribution in [3.05, 3.63) is 23.2 Å². The normalized spacial score (nSPS) is 11.6. The molecule has 0 heterocycles. The monoisotopic (exact) mass is 224 g/mol. The maximum atomic E-state index is 8.55. The van der Waals surface area contributed by atoms with Crippen LogP contribution < -0.4 is 10.1 Å². The summed E-state index contributed by atoms with van der Waals surface area (Å²) >= 11 is 5.87. The van der Waals surface area contributed by atoms with Crippen LogP contribution in [0.4, 0.5) is 5.69 Å². The Hall–Kier alpha value is -1.40. The highest BCUT2D eigenvalue weighted by Gasteiger charge is 2.07. The number of nitriles is 1. The smallest absolute Gasteiger partial charge is 0.142 e. The van der Waals surface area contributed by atoms with Gasteiger partial charge in [0, 0.05) is 11.1 Å². The zero-order valence-corrected chi connectivity index (χ0v) is 9.51. The number of methoxy groups -OCH3 is 1. The number of benzene rings is 1. The SMILES string of the molecule is COc1ccc(Cl)cc1NC(C)CC#N. The molecule has 80 valence electrons. The third-order valence-electron chi connectivity index (χ3n) is 1.96. The van der Waals surface area contributed by atoms with Crippen molar-refractivity contribution >= 4 is 17.3 Å². The van der Waals surface area contributed by atoms with Crippen LogP contribution in [0.1, 0.15) is 13.3 Å². The second-order valence-electron chi connectivity index (χ2n) is 3.25. The lowest BCUT2D eigenvalue weighted by molar-refractivity contribution is 0.416. The van der Waals surface area contributed by atoms with E-state index in [1.807, 2.05) is 6.92 Å². The van der Waals surface area contributed by atoms with Gasteiger partial charge in [0.25, 0.3) is 0 Å². The van der Waals surface area contributed by atoms with Gasteiger partial charge in [0.05, 0.1) is 25.3 Å². The molecule has 0 aliphatic carbocycles. The summed E-state index contributed by atoms with van der Waals surface area (Å²) in [6.45, 7) is 1.93. The topological polar surface area (TPSA) is 45.0 Å². The predicted molar refractivity (Wildman–Crippen MR) is 61.3 cm³/mol. The fourth-order valence-electron chi connectivity index (χ4n) is 1.25. The Bertz CT molecular complexity index is 373. The molecule has 0 saturated carbocycles. The van der Waals surface area contributed by atoms with Gasteiger partial charge in [-0.15, -0.1) is 0 Å². The number of anilines is 1. The van der Waals surface area contributed by atoms with Crippen molar-refractivity contribution in [1.29, 1.82) is 5.26 Å². The summed E-state index contributed by atoms with van der Waals surface area (Å²) in [5.41, 5.74) is 0.813. The lowest BCUT2D eigenvalue weighted by Gasteiger charge is -2.15. The summed E-state index contributed by atoms with van der Waals surface area (Å²) < 4.78 is 5.18. The molecule has 3 nitrogen and oxygen atoms in total. The van der Waals surface area contributed by atoms with Crippen LogP contribution in [0.2, 0.25) is 5.02 Å². The van der Waals surface area contributed by atoms with Crippen LogP contribution in [0, 0.1) is 11.3 Å². The minimum Gasteiger partial charge on any atom is -0.495 e. The number of hydrogen-bond acceptors (Lipinski definition) is 3. The van der Waals surface area contributed by atoms with Gasteiger partial charge in [-0.05, 0) is 25.1 Å². The van der Waals surface area contributed by atoms with Crippen molar-refractivity contribution in [3.63, 3.8) is 0 Å². The Kier molecular flexibility index (Phi) is 4.26. The summed E-state index contributed by atoms with van der Waals surface area (Å²) in [6, 6.07) is 7.52. The van der Waals surface area contributed by atoms with Crippen LogP contribution in [0.5, 0.6) is 5.75 Å². The lowest BCUT2D eigenvalue weighted by atomic mass is 10.2. The van der Waals surface area contributed by atoms with Gasteiger partial charge in [-0.25, -0.2) is 0 Å². The van der Waals surface area contributed by atoms with E-state index in [9.17, 15) is 0 Å². The predicted octanol–water partition coefficient (Wildman–Crippen LogP) is 3.06. The second-order valence-corrected chi connectivity index (χ2v) is 3.69. The van der Waals surface area contributed by atoms with Gasteiger partial charge in [-0.3, -0.25) is 0 Å². The summed E-state index contributed by atoms with van der Waals surface area (Å²) in [4.78, 5) is 0. The summed E-state index contributed by atoms with van der Waals surface area (Å²) in [6.07, 6.45) is 0.440.